The van der Waals surface area contributed by atoms with Gasteiger partial charge in [0, 0.05) is 6.20 Å². The van der Waals surface area contributed by atoms with Gasteiger partial charge in [-0.25, -0.2) is 9.37 Å². The Labute approximate surface area is 116 Å². The van der Waals surface area contributed by atoms with Crippen molar-refractivity contribution in [2.45, 2.75) is 13.8 Å². The third-order valence-corrected chi connectivity index (χ3v) is 2.99. The van der Waals surface area contributed by atoms with Crippen molar-refractivity contribution >= 4 is 28.7 Å². The first-order chi connectivity index (χ1) is 8.99. The predicted octanol–water partition coefficient (Wildman–Crippen LogP) is 3.22. The summed E-state index contributed by atoms with van der Waals surface area (Å²) >= 11 is 5.01. The molecule has 0 fully saturated rings. The van der Waals surface area contributed by atoms with Gasteiger partial charge in [-0.1, -0.05) is 18.3 Å². The highest BCUT2D eigenvalue weighted by molar-refractivity contribution is 7.80. The van der Waals surface area contributed by atoms with E-state index in [1.54, 1.807) is 12.3 Å². The van der Waals surface area contributed by atoms with Crippen molar-refractivity contribution in [3.05, 3.63) is 53.0 Å². The second-order valence-corrected chi connectivity index (χ2v) is 4.76. The van der Waals surface area contributed by atoms with Crippen LogP contribution in [0.2, 0.25) is 0 Å². The first-order valence-electron chi connectivity index (χ1n) is 5.77. The lowest BCUT2D eigenvalue weighted by atomic mass is 10.1. The van der Waals surface area contributed by atoms with Crippen molar-refractivity contribution in [1.82, 2.24) is 4.98 Å². The molecule has 0 saturated heterocycles. The minimum Gasteiger partial charge on any atom is -0.389 e. The number of hydrogen-bond donors (Lipinski definition) is 2. The summed E-state index contributed by atoms with van der Waals surface area (Å²) in [4.78, 5) is 4.41. The largest absolute Gasteiger partial charge is 0.389 e. The average Bonchev–Trinajstić information content (AvgIpc) is 2.32. The Morgan fingerprint density at radius 3 is 2.68 bits per heavy atom. The van der Waals surface area contributed by atoms with Crippen molar-refractivity contribution in [3.63, 3.8) is 0 Å². The van der Waals surface area contributed by atoms with Gasteiger partial charge < -0.3 is 11.1 Å². The Hall–Kier alpha value is -2.01. The van der Waals surface area contributed by atoms with Crippen molar-refractivity contribution in [2.75, 3.05) is 5.32 Å². The molecule has 0 bridgehead atoms. The van der Waals surface area contributed by atoms with Crippen molar-refractivity contribution in [2.24, 2.45) is 5.73 Å². The van der Waals surface area contributed by atoms with E-state index in [2.05, 4.69) is 10.3 Å². The van der Waals surface area contributed by atoms with Crippen LogP contribution in [0.25, 0.3) is 0 Å². The van der Waals surface area contributed by atoms with Crippen LogP contribution in [0.5, 0.6) is 0 Å². The lowest BCUT2D eigenvalue weighted by Crippen LogP contribution is -2.15. The molecule has 0 aliphatic heterocycles. The molecule has 1 aromatic carbocycles. The van der Waals surface area contributed by atoms with Gasteiger partial charge in [-0.15, -0.1) is 0 Å². The summed E-state index contributed by atoms with van der Waals surface area (Å²) in [6, 6.07) is 6.75. The molecule has 0 aliphatic rings. The number of aromatic nitrogens is 1. The fourth-order valence-corrected chi connectivity index (χ4v) is 2.07. The van der Waals surface area contributed by atoms with Crippen molar-refractivity contribution in [1.29, 1.82) is 0 Å². The standard InChI is InChI=1S/C14H14FN3S/c1-8-3-4-11(10(15)7-8)18-14-12(13(16)19)9(2)5-6-17-14/h3-7H,1-2H3,(H2,16,19)(H,17,18). The van der Waals surface area contributed by atoms with Gasteiger partial charge in [-0.05, 0) is 43.2 Å². The number of benzene rings is 1. The number of thiocarbonyl (C=S) groups is 1. The fraction of sp³-hybridized carbons (Fsp3) is 0.143. The molecule has 0 unspecified atom stereocenters. The second-order valence-electron chi connectivity index (χ2n) is 4.32. The van der Waals surface area contributed by atoms with Crippen molar-refractivity contribution < 1.29 is 4.39 Å². The van der Waals surface area contributed by atoms with E-state index in [1.165, 1.54) is 6.07 Å². The zero-order chi connectivity index (χ0) is 14.0. The van der Waals surface area contributed by atoms with Gasteiger partial charge in [0.05, 0.1) is 11.3 Å². The normalized spacial score (nSPS) is 10.3. The van der Waals surface area contributed by atoms with Crippen LogP contribution in [0.4, 0.5) is 15.9 Å². The average molecular weight is 275 g/mol. The highest BCUT2D eigenvalue weighted by atomic mass is 32.1. The molecule has 1 aromatic heterocycles. The number of aryl methyl sites for hydroxylation is 2. The van der Waals surface area contributed by atoms with E-state index >= 15 is 0 Å². The molecule has 0 aliphatic carbocycles. The van der Waals surface area contributed by atoms with Crippen LogP contribution in [0, 0.1) is 19.7 Å². The molecular formula is C14H14FN3S. The maximum atomic E-state index is 13.8. The van der Waals surface area contributed by atoms with E-state index in [-0.39, 0.29) is 10.8 Å². The van der Waals surface area contributed by atoms with Gasteiger partial charge in [0.1, 0.15) is 16.6 Å². The van der Waals surface area contributed by atoms with Crippen molar-refractivity contribution in [3.8, 4) is 0 Å². The third kappa shape index (κ3) is 2.88. The number of pyridine rings is 1. The van der Waals surface area contributed by atoms with Gasteiger partial charge in [0.25, 0.3) is 0 Å². The molecule has 0 atom stereocenters. The number of rotatable bonds is 3. The summed E-state index contributed by atoms with van der Waals surface area (Å²) in [6.45, 7) is 3.71. The summed E-state index contributed by atoms with van der Waals surface area (Å²) < 4.78 is 13.8. The van der Waals surface area contributed by atoms with Crippen LogP contribution in [0.3, 0.4) is 0 Å². The van der Waals surface area contributed by atoms with E-state index < -0.39 is 0 Å². The number of nitrogens with one attached hydrogen (secondary N) is 1. The molecule has 3 N–H and O–H groups in total. The Bertz CT molecular complexity index is 641. The van der Waals surface area contributed by atoms with Gasteiger partial charge in [0.15, 0.2) is 0 Å². The Balaban J connectivity index is 2.44. The minimum absolute atomic E-state index is 0.237. The van der Waals surface area contributed by atoms with E-state index in [0.29, 0.717) is 17.1 Å². The summed E-state index contributed by atoms with van der Waals surface area (Å²) in [5, 5.41) is 2.94. The molecule has 0 radical (unpaired) electrons. The molecule has 3 nitrogen and oxygen atoms in total. The maximum absolute atomic E-state index is 13.8. The molecule has 2 aromatic rings. The Morgan fingerprint density at radius 2 is 2.05 bits per heavy atom. The van der Waals surface area contributed by atoms with Gasteiger partial charge in [0.2, 0.25) is 0 Å². The van der Waals surface area contributed by atoms with Crippen LogP contribution in [-0.4, -0.2) is 9.97 Å². The van der Waals surface area contributed by atoms with Gasteiger partial charge in [-0.3, -0.25) is 0 Å². The number of nitrogens with zero attached hydrogens (tertiary/aromatic N) is 1. The maximum Gasteiger partial charge on any atom is 0.146 e. The van der Waals surface area contributed by atoms with Crippen LogP contribution in [0.15, 0.2) is 30.5 Å². The highest BCUT2D eigenvalue weighted by Gasteiger charge is 2.11. The monoisotopic (exact) mass is 275 g/mol. The summed E-state index contributed by atoms with van der Waals surface area (Å²) in [5.74, 6) is 0.132. The molecule has 0 saturated carbocycles. The minimum atomic E-state index is -0.336. The smallest absolute Gasteiger partial charge is 0.146 e. The Kier molecular flexibility index (Phi) is 3.76. The molecule has 0 spiro atoms. The quantitative estimate of drug-likeness (QED) is 0.845. The summed E-state index contributed by atoms with van der Waals surface area (Å²) in [5.41, 5.74) is 8.43. The van der Waals surface area contributed by atoms with E-state index in [1.807, 2.05) is 26.0 Å². The van der Waals surface area contributed by atoms with Crippen LogP contribution < -0.4 is 11.1 Å². The number of nitrogens with two attached hydrogens (primary N) is 1. The number of anilines is 2. The number of halogens is 1. The topological polar surface area (TPSA) is 50.9 Å². The van der Waals surface area contributed by atoms with Gasteiger partial charge in [-0.2, -0.15) is 0 Å². The first-order valence-corrected chi connectivity index (χ1v) is 6.18. The lowest BCUT2D eigenvalue weighted by Gasteiger charge is -2.13. The molecular weight excluding hydrogens is 261 g/mol. The SMILES string of the molecule is Cc1ccc(Nc2nccc(C)c2C(N)=S)c(F)c1. The Morgan fingerprint density at radius 1 is 1.32 bits per heavy atom. The summed E-state index contributed by atoms with van der Waals surface area (Å²) in [6.07, 6.45) is 1.63. The number of hydrogen-bond acceptors (Lipinski definition) is 3. The second kappa shape index (κ2) is 5.32. The zero-order valence-electron chi connectivity index (χ0n) is 10.7. The van der Waals surface area contributed by atoms with Gasteiger partial charge >= 0.3 is 0 Å². The molecule has 98 valence electrons. The van der Waals surface area contributed by atoms with Crippen LogP contribution >= 0.6 is 12.2 Å². The van der Waals surface area contributed by atoms with E-state index in [9.17, 15) is 4.39 Å². The summed E-state index contributed by atoms with van der Waals surface area (Å²) in [7, 11) is 0. The van der Waals surface area contributed by atoms with E-state index in [0.717, 1.165) is 11.1 Å². The van der Waals surface area contributed by atoms with Crippen LogP contribution in [0.1, 0.15) is 16.7 Å². The van der Waals surface area contributed by atoms with E-state index in [4.69, 9.17) is 18.0 Å². The predicted molar refractivity (Wildman–Crippen MR) is 79.3 cm³/mol. The molecule has 2 rings (SSSR count). The fourth-order valence-electron chi connectivity index (χ4n) is 1.81. The zero-order valence-corrected chi connectivity index (χ0v) is 11.5. The molecule has 5 heteroatoms. The highest BCUT2D eigenvalue weighted by Crippen LogP contribution is 2.23. The molecule has 1 heterocycles. The molecule has 19 heavy (non-hydrogen) atoms. The van der Waals surface area contributed by atoms with Crippen LogP contribution in [-0.2, 0) is 0 Å². The lowest BCUT2D eigenvalue weighted by molar-refractivity contribution is 0.630. The molecule has 0 amide bonds. The first kappa shape index (κ1) is 13.4. The third-order valence-electron chi connectivity index (χ3n) is 2.78.